The first-order valence-corrected chi connectivity index (χ1v) is 9.69. The van der Waals surface area contributed by atoms with Gasteiger partial charge in [0.1, 0.15) is 17.3 Å². The number of aryl methyl sites for hydroxylation is 1. The third-order valence-electron chi connectivity index (χ3n) is 4.68. The largest absolute Gasteiger partial charge is 0.338 e. The number of unbranched alkanes of at least 4 members (excludes halogenated alkanes) is 1. The summed E-state index contributed by atoms with van der Waals surface area (Å²) >= 11 is 0. The van der Waals surface area contributed by atoms with Crippen LogP contribution in [0.3, 0.4) is 0 Å². The quantitative estimate of drug-likeness (QED) is 0.508. The molecule has 0 aliphatic rings. The molecular formula is C22H20FN5O2. The Hall–Kier alpha value is -3.81. The molecule has 7 nitrogen and oxygen atoms in total. The Balaban J connectivity index is 1.56. The highest BCUT2D eigenvalue weighted by Gasteiger charge is 2.12. The molecule has 0 spiro atoms. The summed E-state index contributed by atoms with van der Waals surface area (Å²) in [4.78, 5) is 32.2. The van der Waals surface area contributed by atoms with Crippen molar-refractivity contribution in [2.24, 2.45) is 0 Å². The van der Waals surface area contributed by atoms with Crippen molar-refractivity contribution in [2.45, 2.75) is 26.3 Å². The van der Waals surface area contributed by atoms with Crippen LogP contribution in [0.25, 0.3) is 22.4 Å². The monoisotopic (exact) mass is 405 g/mol. The summed E-state index contributed by atoms with van der Waals surface area (Å²) in [5, 5.41) is 6.96. The van der Waals surface area contributed by atoms with E-state index in [2.05, 4.69) is 20.4 Å². The first-order valence-electron chi connectivity index (χ1n) is 9.69. The van der Waals surface area contributed by atoms with Gasteiger partial charge in [0.15, 0.2) is 0 Å². The number of hydrogen-bond donors (Lipinski definition) is 2. The van der Waals surface area contributed by atoms with Crippen molar-refractivity contribution in [3.63, 3.8) is 0 Å². The van der Waals surface area contributed by atoms with E-state index in [1.54, 1.807) is 30.3 Å². The molecule has 152 valence electrons. The Morgan fingerprint density at radius 3 is 2.70 bits per heavy atom. The van der Waals surface area contributed by atoms with Gasteiger partial charge in [-0.2, -0.15) is 5.10 Å². The Morgan fingerprint density at radius 2 is 1.93 bits per heavy atom. The summed E-state index contributed by atoms with van der Waals surface area (Å²) in [6.07, 6.45) is 1.74. The van der Waals surface area contributed by atoms with Crippen LogP contribution in [-0.4, -0.2) is 25.7 Å². The Labute approximate surface area is 171 Å². The van der Waals surface area contributed by atoms with Crippen molar-refractivity contribution >= 4 is 22.6 Å². The number of aromatic nitrogens is 4. The molecule has 2 aromatic heterocycles. The van der Waals surface area contributed by atoms with Gasteiger partial charge in [0.05, 0.1) is 11.0 Å². The van der Waals surface area contributed by atoms with Gasteiger partial charge in [-0.05, 0) is 55.0 Å². The van der Waals surface area contributed by atoms with E-state index < -0.39 is 5.91 Å². The molecule has 4 aromatic rings. The minimum Gasteiger partial charge on any atom is -0.338 e. The zero-order chi connectivity index (χ0) is 21.1. The molecule has 0 saturated carbocycles. The summed E-state index contributed by atoms with van der Waals surface area (Å²) in [5.41, 5.74) is 2.72. The molecule has 2 heterocycles. The van der Waals surface area contributed by atoms with E-state index in [1.165, 1.54) is 28.9 Å². The van der Waals surface area contributed by atoms with Gasteiger partial charge in [-0.25, -0.2) is 14.1 Å². The van der Waals surface area contributed by atoms with Crippen LogP contribution in [0.1, 0.15) is 30.3 Å². The fourth-order valence-corrected chi connectivity index (χ4v) is 3.07. The Morgan fingerprint density at radius 1 is 1.13 bits per heavy atom. The van der Waals surface area contributed by atoms with Gasteiger partial charge in [-0.3, -0.25) is 9.59 Å². The number of fused-ring (bicyclic) bond motifs is 1. The van der Waals surface area contributed by atoms with Crippen molar-refractivity contribution in [1.29, 1.82) is 0 Å². The zero-order valence-electron chi connectivity index (χ0n) is 16.4. The minimum atomic E-state index is -0.405. The maximum atomic E-state index is 13.1. The zero-order valence-corrected chi connectivity index (χ0v) is 16.4. The van der Waals surface area contributed by atoms with Crippen LogP contribution in [0.15, 0.2) is 59.4 Å². The van der Waals surface area contributed by atoms with E-state index in [4.69, 9.17) is 0 Å². The molecule has 8 heteroatoms. The molecule has 0 saturated heterocycles. The maximum Gasteiger partial charge on any atom is 0.276 e. The third kappa shape index (κ3) is 4.12. The molecule has 0 unspecified atom stereocenters. The average molecular weight is 405 g/mol. The first kappa shape index (κ1) is 19.5. The number of carbonyl (C=O) groups is 1. The van der Waals surface area contributed by atoms with Gasteiger partial charge < -0.3 is 10.3 Å². The van der Waals surface area contributed by atoms with Crippen LogP contribution in [0.5, 0.6) is 0 Å². The second kappa shape index (κ2) is 8.28. The number of rotatable bonds is 6. The van der Waals surface area contributed by atoms with Gasteiger partial charge in [0.2, 0.25) is 0 Å². The summed E-state index contributed by atoms with van der Waals surface area (Å²) in [5.74, 6) is -0.106. The Kier molecular flexibility index (Phi) is 5.38. The molecule has 0 bridgehead atoms. The summed E-state index contributed by atoms with van der Waals surface area (Å²) in [7, 11) is 0. The molecule has 1 amide bonds. The van der Waals surface area contributed by atoms with E-state index in [1.807, 2.05) is 6.92 Å². The number of aromatic amines is 1. The van der Waals surface area contributed by atoms with E-state index in [-0.39, 0.29) is 17.1 Å². The van der Waals surface area contributed by atoms with Crippen molar-refractivity contribution < 1.29 is 9.18 Å². The normalized spacial score (nSPS) is 11.0. The van der Waals surface area contributed by atoms with Crippen LogP contribution in [0.2, 0.25) is 0 Å². The summed E-state index contributed by atoms with van der Waals surface area (Å²) in [6.45, 7) is 2.50. The van der Waals surface area contributed by atoms with Crippen molar-refractivity contribution in [1.82, 2.24) is 19.7 Å². The molecule has 0 atom stereocenters. The number of nitrogens with zero attached hydrogens (tertiary/aromatic N) is 3. The second-order valence-corrected chi connectivity index (χ2v) is 6.91. The van der Waals surface area contributed by atoms with Gasteiger partial charge >= 0.3 is 0 Å². The van der Waals surface area contributed by atoms with Gasteiger partial charge in [0, 0.05) is 23.9 Å². The van der Waals surface area contributed by atoms with E-state index in [0.717, 1.165) is 29.4 Å². The molecule has 0 radical (unpaired) electrons. The van der Waals surface area contributed by atoms with Crippen LogP contribution in [-0.2, 0) is 6.54 Å². The number of amides is 1. The molecule has 0 fully saturated rings. The number of benzene rings is 2. The predicted molar refractivity (Wildman–Crippen MR) is 113 cm³/mol. The molecule has 4 rings (SSSR count). The van der Waals surface area contributed by atoms with E-state index >= 15 is 0 Å². The summed E-state index contributed by atoms with van der Waals surface area (Å²) < 4.78 is 14.4. The number of anilines is 1. The highest BCUT2D eigenvalue weighted by atomic mass is 19.1. The Bertz CT molecular complexity index is 1260. The number of hydrogen-bond acceptors (Lipinski definition) is 4. The molecule has 30 heavy (non-hydrogen) atoms. The third-order valence-corrected chi connectivity index (χ3v) is 4.68. The second-order valence-electron chi connectivity index (χ2n) is 6.91. The SMILES string of the molecule is CCCCn1nc(C(=O)Nc2ccc3nc(-c4ccc(F)cc4)[nH]c3c2)ccc1=O. The number of carbonyl (C=O) groups excluding carboxylic acids is 1. The average Bonchev–Trinajstić information content (AvgIpc) is 3.17. The van der Waals surface area contributed by atoms with Gasteiger partial charge in [-0.15, -0.1) is 0 Å². The smallest absolute Gasteiger partial charge is 0.276 e. The number of nitrogens with one attached hydrogen (secondary N) is 2. The van der Waals surface area contributed by atoms with Crippen LogP contribution in [0, 0.1) is 5.82 Å². The maximum absolute atomic E-state index is 13.1. The van der Waals surface area contributed by atoms with E-state index in [9.17, 15) is 14.0 Å². The van der Waals surface area contributed by atoms with Crippen molar-refractivity contribution in [2.75, 3.05) is 5.32 Å². The van der Waals surface area contributed by atoms with Gasteiger partial charge in [0.25, 0.3) is 11.5 Å². The lowest BCUT2D eigenvalue weighted by Gasteiger charge is -2.07. The van der Waals surface area contributed by atoms with Crippen LogP contribution < -0.4 is 10.9 Å². The standard InChI is InChI=1S/C22H20FN5O2/c1-2-3-12-28-20(29)11-10-18(27-28)22(30)24-16-8-9-17-19(13-16)26-21(25-17)14-4-6-15(23)7-5-14/h4-11,13H,2-3,12H2,1H3,(H,24,30)(H,25,26). The summed E-state index contributed by atoms with van der Waals surface area (Å²) in [6, 6.07) is 14.1. The minimum absolute atomic E-state index is 0.169. The number of imidazole rings is 1. The molecular weight excluding hydrogens is 385 g/mol. The predicted octanol–water partition coefficient (Wildman–Crippen LogP) is 3.98. The molecule has 0 aliphatic heterocycles. The number of halogens is 1. The molecule has 0 aliphatic carbocycles. The van der Waals surface area contributed by atoms with Gasteiger partial charge in [-0.1, -0.05) is 13.3 Å². The lowest BCUT2D eigenvalue weighted by atomic mass is 10.2. The highest BCUT2D eigenvalue weighted by molar-refractivity contribution is 6.03. The highest BCUT2D eigenvalue weighted by Crippen LogP contribution is 2.23. The van der Waals surface area contributed by atoms with Crippen molar-refractivity contribution in [3.8, 4) is 11.4 Å². The van der Waals surface area contributed by atoms with Crippen LogP contribution in [0.4, 0.5) is 10.1 Å². The fourth-order valence-electron chi connectivity index (χ4n) is 3.07. The topological polar surface area (TPSA) is 92.7 Å². The van der Waals surface area contributed by atoms with Crippen molar-refractivity contribution in [3.05, 3.63) is 76.5 Å². The lowest BCUT2D eigenvalue weighted by Crippen LogP contribution is -2.26. The first-order chi connectivity index (χ1) is 14.5. The molecule has 2 aromatic carbocycles. The molecule has 2 N–H and O–H groups in total. The number of H-pyrrole nitrogens is 1. The van der Waals surface area contributed by atoms with E-state index in [0.29, 0.717) is 18.1 Å². The lowest BCUT2D eigenvalue weighted by molar-refractivity contribution is 0.101. The van der Waals surface area contributed by atoms with Crippen LogP contribution >= 0.6 is 0 Å². The fraction of sp³-hybridized carbons (Fsp3) is 0.182.